The quantitative estimate of drug-likeness (QED) is 0.549. The molecule has 2 atom stereocenters. The minimum Gasteiger partial charge on any atom is -0.463 e. The number of carbonyl (C=O) groups is 4. The van der Waals surface area contributed by atoms with E-state index < -0.39 is 36.0 Å². The third kappa shape index (κ3) is 5.59. The number of hydrogen-bond acceptors (Lipinski definition) is 7. The van der Waals surface area contributed by atoms with Gasteiger partial charge in [0.15, 0.2) is 5.76 Å². The molecule has 1 aliphatic rings. The summed E-state index contributed by atoms with van der Waals surface area (Å²) in [5.41, 5.74) is 0.299. The first-order valence-corrected chi connectivity index (χ1v) is 9.23. The average molecular weight is 407 g/mol. The second kappa shape index (κ2) is 9.76. The maximum atomic E-state index is 12.6. The predicted octanol–water partition coefficient (Wildman–Crippen LogP) is 1.10. The summed E-state index contributed by atoms with van der Waals surface area (Å²) in [5.74, 6) is -2.10. The Balaban J connectivity index is 2.11. The number of rotatable bonds is 8. The highest BCUT2D eigenvalue weighted by Crippen LogP contribution is 2.15. The van der Waals surface area contributed by atoms with E-state index in [0.717, 1.165) is 0 Å². The van der Waals surface area contributed by atoms with Gasteiger partial charge >= 0.3 is 18.0 Å². The molecule has 1 aliphatic heterocycles. The van der Waals surface area contributed by atoms with Crippen molar-refractivity contribution in [3.8, 4) is 0 Å². The van der Waals surface area contributed by atoms with Crippen molar-refractivity contribution in [2.45, 2.75) is 39.8 Å². The van der Waals surface area contributed by atoms with Gasteiger partial charge in [-0.1, -0.05) is 13.8 Å². The second-order valence-electron chi connectivity index (χ2n) is 6.71. The molecule has 0 fully saturated rings. The molecule has 10 heteroatoms. The standard InChI is InChI=1S/C19H25N3O7/c1-5-27-17(24)14-11(4)20-19(26)21-12(14)9-29-18(25)15(10(2)3)22-16(23)13-7-6-8-28-13/h6-8,10-11,15H,5,9H2,1-4H3,(H,22,23)(H2,20,21,26)/t11-,15-/m0/s1. The van der Waals surface area contributed by atoms with E-state index in [1.54, 1.807) is 33.8 Å². The molecule has 0 aliphatic carbocycles. The van der Waals surface area contributed by atoms with E-state index in [4.69, 9.17) is 13.9 Å². The van der Waals surface area contributed by atoms with Crippen LogP contribution in [-0.4, -0.2) is 49.2 Å². The smallest absolute Gasteiger partial charge is 0.338 e. The Morgan fingerprint density at radius 2 is 2.00 bits per heavy atom. The Morgan fingerprint density at radius 1 is 1.28 bits per heavy atom. The van der Waals surface area contributed by atoms with Crippen molar-refractivity contribution in [3.05, 3.63) is 35.4 Å². The van der Waals surface area contributed by atoms with Crippen LogP contribution >= 0.6 is 0 Å². The maximum Gasteiger partial charge on any atom is 0.338 e. The van der Waals surface area contributed by atoms with Crippen LogP contribution in [0.15, 0.2) is 34.1 Å². The van der Waals surface area contributed by atoms with Crippen LogP contribution in [0.1, 0.15) is 38.2 Å². The van der Waals surface area contributed by atoms with Gasteiger partial charge in [0.05, 0.1) is 30.2 Å². The largest absolute Gasteiger partial charge is 0.463 e. The lowest BCUT2D eigenvalue weighted by Gasteiger charge is -2.27. The van der Waals surface area contributed by atoms with Crippen LogP contribution in [0.2, 0.25) is 0 Å². The molecular formula is C19H25N3O7. The molecular weight excluding hydrogens is 382 g/mol. The molecule has 10 nitrogen and oxygen atoms in total. The number of esters is 2. The van der Waals surface area contributed by atoms with Gasteiger partial charge < -0.3 is 29.8 Å². The SMILES string of the molecule is CCOC(=O)C1=C(COC(=O)[C@@H](NC(=O)c2ccco2)C(C)C)NC(=O)N[C@H]1C. The number of nitrogens with one attached hydrogen (secondary N) is 3. The van der Waals surface area contributed by atoms with Gasteiger partial charge in [-0.05, 0) is 31.9 Å². The molecule has 0 radical (unpaired) electrons. The number of carbonyl (C=O) groups excluding carboxylic acids is 4. The molecule has 158 valence electrons. The minimum atomic E-state index is -0.950. The van der Waals surface area contributed by atoms with Crippen molar-refractivity contribution < 1.29 is 33.1 Å². The summed E-state index contributed by atoms with van der Waals surface area (Å²) in [6.45, 7) is 6.56. The van der Waals surface area contributed by atoms with Crippen LogP contribution in [-0.2, 0) is 19.1 Å². The molecule has 1 aromatic heterocycles. The molecule has 2 heterocycles. The highest BCUT2D eigenvalue weighted by Gasteiger charge is 2.32. The Kier molecular flexibility index (Phi) is 7.40. The van der Waals surface area contributed by atoms with Gasteiger partial charge in [0.2, 0.25) is 0 Å². The molecule has 3 N–H and O–H groups in total. The molecule has 0 spiro atoms. The zero-order valence-corrected chi connectivity index (χ0v) is 16.7. The van der Waals surface area contributed by atoms with E-state index in [-0.39, 0.29) is 36.2 Å². The number of ether oxygens (including phenoxy) is 2. The van der Waals surface area contributed by atoms with E-state index in [1.807, 2.05) is 0 Å². The molecule has 0 saturated heterocycles. The summed E-state index contributed by atoms with van der Waals surface area (Å²) >= 11 is 0. The molecule has 0 bridgehead atoms. The van der Waals surface area contributed by atoms with Crippen molar-refractivity contribution in [2.75, 3.05) is 13.2 Å². The Bertz CT molecular complexity index is 799. The summed E-state index contributed by atoms with van der Waals surface area (Å²) in [7, 11) is 0. The third-order valence-corrected chi connectivity index (χ3v) is 4.18. The van der Waals surface area contributed by atoms with Crippen LogP contribution in [0, 0.1) is 5.92 Å². The van der Waals surface area contributed by atoms with Crippen molar-refractivity contribution >= 4 is 23.9 Å². The Morgan fingerprint density at radius 3 is 2.59 bits per heavy atom. The summed E-state index contributed by atoms with van der Waals surface area (Å²) in [6, 6.07) is 0.941. The van der Waals surface area contributed by atoms with E-state index in [0.29, 0.717) is 0 Å². The van der Waals surface area contributed by atoms with Crippen molar-refractivity contribution in [2.24, 2.45) is 5.92 Å². The van der Waals surface area contributed by atoms with E-state index in [2.05, 4.69) is 16.0 Å². The fourth-order valence-electron chi connectivity index (χ4n) is 2.74. The summed E-state index contributed by atoms with van der Waals surface area (Å²) in [5, 5.41) is 7.59. The third-order valence-electron chi connectivity index (χ3n) is 4.18. The topological polar surface area (TPSA) is 136 Å². The zero-order valence-electron chi connectivity index (χ0n) is 16.7. The number of amides is 3. The summed E-state index contributed by atoms with van der Waals surface area (Å²) < 4.78 is 15.3. The molecule has 29 heavy (non-hydrogen) atoms. The molecule has 0 aromatic carbocycles. The van der Waals surface area contributed by atoms with Crippen LogP contribution in [0.3, 0.4) is 0 Å². The highest BCUT2D eigenvalue weighted by atomic mass is 16.5. The van der Waals surface area contributed by atoms with Gasteiger partial charge in [-0.25, -0.2) is 14.4 Å². The van der Waals surface area contributed by atoms with Gasteiger partial charge in [-0.2, -0.15) is 0 Å². The normalized spacial score (nSPS) is 17.3. The van der Waals surface area contributed by atoms with Gasteiger partial charge in [-0.15, -0.1) is 0 Å². The fourth-order valence-corrected chi connectivity index (χ4v) is 2.74. The van der Waals surface area contributed by atoms with Crippen LogP contribution in [0.4, 0.5) is 4.79 Å². The van der Waals surface area contributed by atoms with Gasteiger partial charge in [0, 0.05) is 0 Å². The van der Waals surface area contributed by atoms with E-state index >= 15 is 0 Å². The Labute approximate surface area is 168 Å². The summed E-state index contributed by atoms with van der Waals surface area (Å²) in [4.78, 5) is 48.7. The first kappa shape index (κ1) is 22.0. The molecule has 0 unspecified atom stereocenters. The lowest BCUT2D eigenvalue weighted by atomic mass is 10.0. The summed E-state index contributed by atoms with van der Waals surface area (Å²) in [6.07, 6.45) is 1.35. The van der Waals surface area contributed by atoms with E-state index in [1.165, 1.54) is 12.3 Å². The van der Waals surface area contributed by atoms with Crippen molar-refractivity contribution in [3.63, 3.8) is 0 Å². The molecule has 2 rings (SSSR count). The van der Waals surface area contributed by atoms with Crippen molar-refractivity contribution in [1.29, 1.82) is 0 Å². The fraction of sp³-hybridized carbons (Fsp3) is 0.474. The van der Waals surface area contributed by atoms with Crippen molar-refractivity contribution in [1.82, 2.24) is 16.0 Å². The average Bonchev–Trinajstić information content (AvgIpc) is 3.18. The van der Waals surface area contributed by atoms with E-state index in [9.17, 15) is 19.2 Å². The first-order valence-electron chi connectivity index (χ1n) is 9.23. The zero-order chi connectivity index (χ0) is 21.6. The first-order chi connectivity index (χ1) is 13.7. The maximum absolute atomic E-state index is 12.6. The van der Waals surface area contributed by atoms with Crippen LogP contribution < -0.4 is 16.0 Å². The number of urea groups is 1. The van der Waals surface area contributed by atoms with Crippen LogP contribution in [0.25, 0.3) is 0 Å². The van der Waals surface area contributed by atoms with Gasteiger partial charge in [0.1, 0.15) is 12.6 Å². The second-order valence-corrected chi connectivity index (χ2v) is 6.71. The minimum absolute atomic E-state index is 0.0650. The van der Waals surface area contributed by atoms with Gasteiger partial charge in [0.25, 0.3) is 5.91 Å². The molecule has 1 aromatic rings. The Hall–Kier alpha value is -3.30. The molecule has 0 saturated carbocycles. The number of furan rings is 1. The lowest BCUT2D eigenvalue weighted by molar-refractivity contribution is -0.146. The lowest BCUT2D eigenvalue weighted by Crippen LogP contribution is -2.50. The molecule has 3 amide bonds. The highest BCUT2D eigenvalue weighted by molar-refractivity contribution is 5.95. The van der Waals surface area contributed by atoms with Gasteiger partial charge in [-0.3, -0.25) is 4.79 Å². The number of hydrogen-bond donors (Lipinski definition) is 3. The van der Waals surface area contributed by atoms with Crippen LogP contribution in [0.5, 0.6) is 0 Å². The monoisotopic (exact) mass is 407 g/mol. The predicted molar refractivity (Wildman–Crippen MR) is 101 cm³/mol.